The number of rotatable bonds is 3. The van der Waals surface area contributed by atoms with Crippen molar-refractivity contribution in [2.24, 2.45) is 0 Å². The molecule has 0 bridgehead atoms. The number of ketones is 1. The van der Waals surface area contributed by atoms with Gasteiger partial charge in [-0.2, -0.15) is 0 Å². The summed E-state index contributed by atoms with van der Waals surface area (Å²) in [5.74, 6) is 0.0512. The van der Waals surface area contributed by atoms with Crippen molar-refractivity contribution in [1.82, 2.24) is 0 Å². The summed E-state index contributed by atoms with van der Waals surface area (Å²) in [5.41, 5.74) is 3.29. The zero-order valence-electron chi connectivity index (χ0n) is 10.4. The number of hydrogen-bond donors (Lipinski definition) is 0. The van der Waals surface area contributed by atoms with E-state index in [1.165, 1.54) is 0 Å². The fourth-order valence-corrected chi connectivity index (χ4v) is 2.85. The SMILES string of the molecule is O=C(CBr)c1ccc2c(c1)oc1cc(C=CBr)ccc12. The number of halogens is 2. The average molecular weight is 394 g/mol. The smallest absolute Gasteiger partial charge is 0.173 e. The van der Waals surface area contributed by atoms with Gasteiger partial charge in [-0.15, -0.1) is 0 Å². The molecule has 0 aliphatic carbocycles. The molecule has 0 saturated heterocycles. The summed E-state index contributed by atoms with van der Waals surface area (Å²) in [7, 11) is 0. The molecule has 0 spiro atoms. The van der Waals surface area contributed by atoms with Crippen LogP contribution in [0.2, 0.25) is 0 Å². The Morgan fingerprint density at radius 1 is 1.10 bits per heavy atom. The van der Waals surface area contributed by atoms with Crippen molar-refractivity contribution in [1.29, 1.82) is 0 Å². The number of carbonyl (C=O) groups is 1. The van der Waals surface area contributed by atoms with E-state index >= 15 is 0 Å². The fourth-order valence-electron chi connectivity index (χ4n) is 2.22. The Morgan fingerprint density at radius 2 is 1.80 bits per heavy atom. The molecule has 0 aliphatic rings. The van der Waals surface area contributed by atoms with Crippen LogP contribution in [0.25, 0.3) is 28.0 Å². The van der Waals surface area contributed by atoms with Crippen LogP contribution < -0.4 is 0 Å². The first-order valence-corrected chi connectivity index (χ1v) is 8.09. The molecule has 0 aliphatic heterocycles. The van der Waals surface area contributed by atoms with Gasteiger partial charge in [0.05, 0.1) is 5.33 Å². The third-order valence-corrected chi connectivity index (χ3v) is 3.97. The summed E-state index contributed by atoms with van der Waals surface area (Å²) in [6.45, 7) is 0. The van der Waals surface area contributed by atoms with E-state index in [4.69, 9.17) is 4.42 Å². The van der Waals surface area contributed by atoms with Gasteiger partial charge in [0, 0.05) is 16.3 Å². The van der Waals surface area contributed by atoms with Gasteiger partial charge >= 0.3 is 0 Å². The van der Waals surface area contributed by atoms with Crippen LogP contribution in [0.1, 0.15) is 15.9 Å². The minimum atomic E-state index is 0.0512. The molecule has 0 unspecified atom stereocenters. The van der Waals surface area contributed by atoms with Crippen molar-refractivity contribution in [3.63, 3.8) is 0 Å². The zero-order chi connectivity index (χ0) is 14.1. The van der Waals surface area contributed by atoms with Crippen LogP contribution in [0.4, 0.5) is 0 Å². The van der Waals surface area contributed by atoms with E-state index in [1.54, 1.807) is 6.07 Å². The highest BCUT2D eigenvalue weighted by molar-refractivity contribution is 9.11. The second kappa shape index (κ2) is 5.54. The highest BCUT2D eigenvalue weighted by atomic mass is 79.9. The maximum Gasteiger partial charge on any atom is 0.173 e. The van der Waals surface area contributed by atoms with Crippen LogP contribution in [-0.4, -0.2) is 11.1 Å². The molecule has 4 heteroatoms. The molecule has 0 fully saturated rings. The number of alkyl halides is 1. The molecule has 0 amide bonds. The Hall–Kier alpha value is -1.39. The molecule has 1 heterocycles. The zero-order valence-corrected chi connectivity index (χ0v) is 13.6. The minimum absolute atomic E-state index is 0.0512. The van der Waals surface area contributed by atoms with Crippen LogP contribution in [-0.2, 0) is 0 Å². The standard InChI is InChI=1S/C16H10Br2O2/c17-6-5-10-1-3-12-13-4-2-11(14(19)9-18)8-16(13)20-15(12)7-10/h1-8H,9H2. The van der Waals surface area contributed by atoms with Crippen molar-refractivity contribution in [3.8, 4) is 0 Å². The summed E-state index contributed by atoms with van der Waals surface area (Å²) in [6.07, 6.45) is 1.95. The molecule has 0 saturated carbocycles. The lowest BCUT2D eigenvalue weighted by Gasteiger charge is -1.96. The summed E-state index contributed by atoms with van der Waals surface area (Å²) in [6, 6.07) is 11.6. The fraction of sp³-hybridized carbons (Fsp3) is 0.0625. The normalized spacial score (nSPS) is 11.7. The van der Waals surface area contributed by atoms with E-state index in [2.05, 4.69) is 31.9 Å². The molecule has 3 rings (SSSR count). The van der Waals surface area contributed by atoms with Crippen LogP contribution in [0.5, 0.6) is 0 Å². The number of fused-ring (bicyclic) bond motifs is 3. The van der Waals surface area contributed by atoms with E-state index < -0.39 is 0 Å². The molecular weight excluding hydrogens is 384 g/mol. The largest absolute Gasteiger partial charge is 0.456 e. The molecule has 2 nitrogen and oxygen atoms in total. The van der Waals surface area contributed by atoms with Crippen LogP contribution in [0, 0.1) is 0 Å². The van der Waals surface area contributed by atoms with Gasteiger partial charge in [0.25, 0.3) is 0 Å². The van der Waals surface area contributed by atoms with E-state index in [0.717, 1.165) is 27.5 Å². The van der Waals surface area contributed by atoms with Gasteiger partial charge < -0.3 is 4.42 Å². The Balaban J connectivity index is 2.21. The van der Waals surface area contributed by atoms with Gasteiger partial charge in [-0.3, -0.25) is 4.79 Å². The van der Waals surface area contributed by atoms with Gasteiger partial charge in [0.2, 0.25) is 0 Å². The molecule has 0 atom stereocenters. The van der Waals surface area contributed by atoms with E-state index in [0.29, 0.717) is 10.9 Å². The number of furan rings is 1. The predicted octanol–water partition coefficient (Wildman–Crippen LogP) is 5.53. The van der Waals surface area contributed by atoms with E-state index in [9.17, 15) is 4.79 Å². The summed E-state index contributed by atoms with van der Waals surface area (Å²) in [4.78, 5) is 13.5. The van der Waals surface area contributed by atoms with E-state index in [1.807, 2.05) is 41.4 Å². The molecular formula is C16H10Br2O2. The number of hydrogen-bond acceptors (Lipinski definition) is 2. The lowest BCUT2D eigenvalue weighted by atomic mass is 10.1. The highest BCUT2D eigenvalue weighted by Gasteiger charge is 2.10. The second-order valence-corrected chi connectivity index (χ2v) is 5.51. The van der Waals surface area contributed by atoms with Gasteiger partial charge in [0.15, 0.2) is 5.78 Å². The summed E-state index contributed by atoms with van der Waals surface area (Å²) in [5, 5.41) is 2.41. The van der Waals surface area contributed by atoms with Crippen molar-refractivity contribution in [3.05, 3.63) is 52.5 Å². The first kappa shape index (κ1) is 13.6. The third-order valence-electron chi connectivity index (χ3n) is 3.20. The Kier molecular flexibility index (Phi) is 3.76. The molecule has 20 heavy (non-hydrogen) atoms. The molecule has 0 radical (unpaired) electrons. The molecule has 1 aromatic heterocycles. The maximum absolute atomic E-state index is 11.7. The lowest BCUT2D eigenvalue weighted by Crippen LogP contribution is -1.98. The van der Waals surface area contributed by atoms with Gasteiger partial charge in [-0.05, 0) is 40.9 Å². The van der Waals surface area contributed by atoms with Gasteiger partial charge in [-0.25, -0.2) is 0 Å². The maximum atomic E-state index is 11.7. The summed E-state index contributed by atoms with van der Waals surface area (Å²) < 4.78 is 5.86. The van der Waals surface area contributed by atoms with Crippen molar-refractivity contribution < 1.29 is 9.21 Å². The Bertz CT molecular complexity index is 831. The average Bonchev–Trinajstić information content (AvgIpc) is 2.83. The highest BCUT2D eigenvalue weighted by Crippen LogP contribution is 2.30. The van der Waals surface area contributed by atoms with Crippen LogP contribution in [0.3, 0.4) is 0 Å². The predicted molar refractivity (Wildman–Crippen MR) is 89.8 cm³/mol. The molecule has 100 valence electrons. The van der Waals surface area contributed by atoms with Crippen LogP contribution >= 0.6 is 31.9 Å². The topological polar surface area (TPSA) is 30.2 Å². The van der Waals surface area contributed by atoms with Gasteiger partial charge in [0.1, 0.15) is 11.2 Å². The van der Waals surface area contributed by atoms with Crippen molar-refractivity contribution in [2.45, 2.75) is 0 Å². The Morgan fingerprint density at radius 3 is 2.50 bits per heavy atom. The second-order valence-electron chi connectivity index (χ2n) is 4.42. The molecule has 0 N–H and O–H groups in total. The third kappa shape index (κ3) is 2.34. The minimum Gasteiger partial charge on any atom is -0.456 e. The first-order chi connectivity index (χ1) is 9.72. The number of benzene rings is 2. The molecule has 3 aromatic rings. The van der Waals surface area contributed by atoms with Gasteiger partial charge in [-0.1, -0.05) is 44.0 Å². The van der Waals surface area contributed by atoms with Crippen molar-refractivity contribution in [2.75, 3.05) is 5.33 Å². The summed E-state index contributed by atoms with van der Waals surface area (Å²) >= 11 is 6.45. The number of carbonyl (C=O) groups excluding carboxylic acids is 1. The van der Waals surface area contributed by atoms with E-state index in [-0.39, 0.29) is 5.78 Å². The lowest BCUT2D eigenvalue weighted by molar-refractivity contribution is 0.102. The quantitative estimate of drug-likeness (QED) is 0.432. The van der Waals surface area contributed by atoms with Crippen LogP contribution in [0.15, 0.2) is 45.8 Å². The Labute approximate surface area is 132 Å². The van der Waals surface area contributed by atoms with Crippen molar-refractivity contribution >= 4 is 65.7 Å². The first-order valence-electron chi connectivity index (χ1n) is 6.05. The molecule has 2 aromatic carbocycles. The number of Topliss-reactive ketones (excluding diaryl/α,β-unsaturated/α-hetero) is 1. The monoisotopic (exact) mass is 392 g/mol.